The first-order valence-electron chi connectivity index (χ1n) is 14.0. The minimum Gasteiger partial charge on any atom is -0.355 e. The van der Waals surface area contributed by atoms with Gasteiger partial charge in [0.2, 0.25) is 0 Å². The number of benzene rings is 1. The van der Waals surface area contributed by atoms with E-state index in [-0.39, 0.29) is 17.4 Å². The van der Waals surface area contributed by atoms with Gasteiger partial charge in [-0.3, -0.25) is 9.97 Å². The number of piperidine rings is 2. The number of imidazole rings is 2. The van der Waals surface area contributed by atoms with Crippen LogP contribution in [-0.2, 0) is 6.54 Å². The van der Waals surface area contributed by atoms with E-state index in [1.54, 1.807) is 0 Å². The van der Waals surface area contributed by atoms with Gasteiger partial charge in [-0.25, -0.2) is 29.5 Å². The van der Waals surface area contributed by atoms with Crippen LogP contribution in [0.1, 0.15) is 31.2 Å². The summed E-state index contributed by atoms with van der Waals surface area (Å²) in [6.07, 6.45) is 6.86. The van der Waals surface area contributed by atoms with Crippen LogP contribution in [0.25, 0.3) is 22.3 Å². The molecule has 0 unspecified atom stereocenters. The van der Waals surface area contributed by atoms with Crippen LogP contribution in [0.2, 0.25) is 5.02 Å². The SMILES string of the molecule is NC1CCN(c2ncnc3[nH]c(=O)[nH]c23)CC1.O=c1[nH]c2ncnc(N3CCC(NCc4ccccc4Cl)CC3)c2[nH]1. The maximum Gasteiger partial charge on any atom is 0.325 e. The van der Waals surface area contributed by atoms with Gasteiger partial charge in [-0.2, -0.15) is 0 Å². The predicted molar refractivity (Wildman–Crippen MR) is 162 cm³/mol. The summed E-state index contributed by atoms with van der Waals surface area (Å²) < 4.78 is 0. The number of aromatic amines is 4. The second kappa shape index (κ2) is 12.3. The van der Waals surface area contributed by atoms with Crippen LogP contribution in [0, 0.1) is 0 Å². The van der Waals surface area contributed by atoms with Crippen molar-refractivity contribution >= 4 is 45.6 Å². The van der Waals surface area contributed by atoms with Crippen LogP contribution in [0.15, 0.2) is 46.5 Å². The molecule has 42 heavy (non-hydrogen) atoms. The Morgan fingerprint density at radius 2 is 1.31 bits per heavy atom. The number of nitrogens with one attached hydrogen (secondary N) is 5. The molecule has 5 aromatic rings. The predicted octanol–water partition coefficient (Wildman–Crippen LogP) is 1.63. The molecule has 7 rings (SSSR count). The van der Waals surface area contributed by atoms with E-state index >= 15 is 0 Å². The lowest BCUT2D eigenvalue weighted by molar-refractivity contribution is 0.413. The van der Waals surface area contributed by atoms with Crippen molar-refractivity contribution in [2.75, 3.05) is 36.0 Å². The fraction of sp³-hybridized carbons (Fsp3) is 0.407. The lowest BCUT2D eigenvalue weighted by Gasteiger charge is -2.33. The molecule has 2 aliphatic rings. The van der Waals surface area contributed by atoms with E-state index in [9.17, 15) is 9.59 Å². The number of aromatic nitrogens is 8. The van der Waals surface area contributed by atoms with E-state index in [1.165, 1.54) is 12.7 Å². The Hall–Kier alpha value is -4.27. The zero-order valence-electron chi connectivity index (χ0n) is 22.9. The first-order valence-corrected chi connectivity index (χ1v) is 14.4. The minimum atomic E-state index is -0.256. The van der Waals surface area contributed by atoms with Crippen LogP contribution in [0.3, 0.4) is 0 Å². The quantitative estimate of drug-likeness (QED) is 0.175. The Labute approximate surface area is 245 Å². The Morgan fingerprint density at radius 1 is 0.786 bits per heavy atom. The molecule has 0 saturated carbocycles. The Morgan fingerprint density at radius 3 is 1.86 bits per heavy atom. The van der Waals surface area contributed by atoms with Gasteiger partial charge in [0.05, 0.1) is 0 Å². The van der Waals surface area contributed by atoms with Crippen LogP contribution < -0.4 is 32.2 Å². The van der Waals surface area contributed by atoms with Gasteiger partial charge in [-0.1, -0.05) is 29.8 Å². The maximum absolute atomic E-state index is 11.5. The summed E-state index contributed by atoms with van der Waals surface area (Å²) in [7, 11) is 0. The van der Waals surface area contributed by atoms with Crippen molar-refractivity contribution in [3.8, 4) is 0 Å². The molecule has 6 heterocycles. The molecule has 0 bridgehead atoms. The number of nitrogens with two attached hydrogens (primary N) is 1. The molecule has 0 spiro atoms. The van der Waals surface area contributed by atoms with Crippen molar-refractivity contribution in [2.45, 2.75) is 44.3 Å². The van der Waals surface area contributed by atoms with Gasteiger partial charge < -0.3 is 30.8 Å². The Balaban J connectivity index is 0.000000162. The fourth-order valence-electron chi connectivity index (χ4n) is 5.46. The van der Waals surface area contributed by atoms with Crippen molar-refractivity contribution in [1.29, 1.82) is 0 Å². The molecule has 15 heteroatoms. The zero-order valence-corrected chi connectivity index (χ0v) is 23.7. The number of hydrogen-bond donors (Lipinski definition) is 6. The molecule has 2 saturated heterocycles. The summed E-state index contributed by atoms with van der Waals surface area (Å²) >= 11 is 6.21. The highest BCUT2D eigenvalue weighted by atomic mass is 35.5. The molecule has 0 aliphatic carbocycles. The molecule has 2 aliphatic heterocycles. The van der Waals surface area contributed by atoms with E-state index in [0.717, 1.165) is 80.6 Å². The topological polar surface area (TPSA) is 193 Å². The zero-order chi connectivity index (χ0) is 29.1. The number of hydrogen-bond acceptors (Lipinski definition) is 10. The van der Waals surface area contributed by atoms with Gasteiger partial charge in [-0.05, 0) is 37.3 Å². The number of anilines is 2. The molecule has 0 atom stereocenters. The monoisotopic (exact) mass is 592 g/mol. The van der Waals surface area contributed by atoms with Crippen LogP contribution in [0.4, 0.5) is 11.6 Å². The lowest BCUT2D eigenvalue weighted by Crippen LogP contribution is -2.42. The van der Waals surface area contributed by atoms with Gasteiger partial charge in [0.25, 0.3) is 0 Å². The van der Waals surface area contributed by atoms with Crippen molar-refractivity contribution in [3.05, 3.63) is 68.5 Å². The lowest BCUT2D eigenvalue weighted by atomic mass is 10.0. The standard InChI is InChI=1S/C17H19ClN6O.C10H14N6O/c18-13-4-2-1-3-11(13)9-19-12-5-7-24(8-6-12)16-14-15(20-10-21-16)23-17(25)22-14;11-6-1-3-16(4-2-6)9-7-8(12-5-13-9)15-10(17)14-7/h1-4,10,12,19H,5-9H2,(H2,20,21,22,23,25);5-6H,1-4,11H2,(H2,12,13,14,15,17). The largest absolute Gasteiger partial charge is 0.355 e. The number of rotatable bonds is 5. The Kier molecular flexibility index (Phi) is 8.17. The first-order chi connectivity index (χ1) is 20.4. The average Bonchev–Trinajstić information content (AvgIpc) is 3.58. The van der Waals surface area contributed by atoms with Gasteiger partial charge in [0.1, 0.15) is 23.7 Å². The summed E-state index contributed by atoms with van der Waals surface area (Å²) in [5.74, 6) is 1.56. The van der Waals surface area contributed by atoms with Crippen LogP contribution in [-0.4, -0.2) is 78.1 Å². The highest BCUT2D eigenvalue weighted by molar-refractivity contribution is 6.31. The van der Waals surface area contributed by atoms with Crippen molar-refractivity contribution in [3.63, 3.8) is 0 Å². The second-order valence-electron chi connectivity index (χ2n) is 10.6. The van der Waals surface area contributed by atoms with E-state index in [0.29, 0.717) is 28.4 Å². The van der Waals surface area contributed by atoms with Gasteiger partial charge in [0, 0.05) is 49.8 Å². The summed E-state index contributed by atoms with van der Waals surface area (Å²) in [4.78, 5) is 54.6. The molecule has 7 N–H and O–H groups in total. The first kappa shape index (κ1) is 27.9. The summed E-state index contributed by atoms with van der Waals surface area (Å²) in [6, 6.07) is 8.62. The van der Waals surface area contributed by atoms with E-state index in [1.807, 2.05) is 24.3 Å². The van der Waals surface area contributed by atoms with Crippen LogP contribution >= 0.6 is 11.6 Å². The van der Waals surface area contributed by atoms with Crippen molar-refractivity contribution < 1.29 is 0 Å². The normalized spacial score (nSPS) is 16.6. The molecule has 0 radical (unpaired) electrons. The van der Waals surface area contributed by atoms with E-state index in [2.05, 4.69) is 55.0 Å². The highest BCUT2D eigenvalue weighted by Crippen LogP contribution is 2.24. The second-order valence-corrected chi connectivity index (χ2v) is 11.0. The fourth-order valence-corrected chi connectivity index (χ4v) is 5.66. The highest BCUT2D eigenvalue weighted by Gasteiger charge is 2.23. The van der Waals surface area contributed by atoms with Gasteiger partial charge in [0.15, 0.2) is 22.9 Å². The Bertz CT molecular complexity index is 1760. The molecule has 220 valence electrons. The maximum atomic E-state index is 11.5. The third-order valence-corrected chi connectivity index (χ3v) is 8.14. The van der Waals surface area contributed by atoms with Gasteiger partial charge >= 0.3 is 11.4 Å². The molecule has 14 nitrogen and oxygen atoms in total. The molecular formula is C27H33ClN12O2. The smallest absolute Gasteiger partial charge is 0.325 e. The summed E-state index contributed by atoms with van der Waals surface area (Å²) in [6.45, 7) is 4.24. The van der Waals surface area contributed by atoms with Crippen molar-refractivity contribution in [2.24, 2.45) is 5.73 Å². The number of halogens is 1. The molecule has 1 aromatic carbocycles. The van der Waals surface area contributed by atoms with Crippen LogP contribution in [0.5, 0.6) is 0 Å². The molecule has 2 fully saturated rings. The van der Waals surface area contributed by atoms with E-state index < -0.39 is 0 Å². The minimum absolute atomic E-state index is 0.254. The molecular weight excluding hydrogens is 560 g/mol. The third kappa shape index (κ3) is 6.15. The number of H-pyrrole nitrogens is 4. The molecule has 0 amide bonds. The average molecular weight is 593 g/mol. The summed E-state index contributed by atoms with van der Waals surface area (Å²) in [5, 5.41) is 4.38. The number of fused-ring (bicyclic) bond motifs is 2. The van der Waals surface area contributed by atoms with Gasteiger partial charge in [-0.15, -0.1) is 0 Å². The summed E-state index contributed by atoms with van der Waals surface area (Å²) in [5.41, 5.74) is 8.93. The van der Waals surface area contributed by atoms with E-state index in [4.69, 9.17) is 17.3 Å². The van der Waals surface area contributed by atoms with Crippen molar-refractivity contribution in [1.82, 2.24) is 45.2 Å². The third-order valence-electron chi connectivity index (χ3n) is 7.77. The molecule has 4 aromatic heterocycles. The number of nitrogens with zero attached hydrogens (tertiary/aromatic N) is 6.